The first-order valence-corrected chi connectivity index (χ1v) is 8.75. The fourth-order valence-corrected chi connectivity index (χ4v) is 3.03. The number of ether oxygens (including phenoxy) is 2. The third kappa shape index (κ3) is 3.94. The van der Waals surface area contributed by atoms with E-state index in [2.05, 4.69) is 0 Å². The van der Waals surface area contributed by atoms with E-state index in [1.165, 1.54) is 26.4 Å². The number of nitrogens with zero attached hydrogens (tertiary/aromatic N) is 2. The lowest BCUT2D eigenvalue weighted by Crippen LogP contribution is -2.20. The fourth-order valence-electron chi connectivity index (χ4n) is 3.03. The molecule has 0 saturated carbocycles. The Labute approximate surface area is 168 Å². The highest BCUT2D eigenvalue weighted by atomic mass is 16.5. The molecule has 0 spiro atoms. The lowest BCUT2D eigenvalue weighted by Gasteiger charge is -2.28. The summed E-state index contributed by atoms with van der Waals surface area (Å²) in [4.78, 5) is 27.0. The molecule has 0 atom stereocenters. The van der Waals surface area contributed by atoms with Gasteiger partial charge in [0, 0.05) is 11.4 Å². The number of rotatable bonds is 5. The molecule has 0 aliphatic rings. The molecule has 0 bridgehead atoms. The quantitative estimate of drug-likeness (QED) is 0.596. The Balaban J connectivity index is 2.42. The molecule has 6 nitrogen and oxygen atoms in total. The Hall–Kier alpha value is -4.11. The SMILES string of the molecule is COC(=O)c1cc(C#N)cc(C(=O)OC)c1N(c1ccccc1)c1ccccc1. The lowest BCUT2D eigenvalue weighted by atomic mass is 10.00. The first-order chi connectivity index (χ1) is 14.1. The van der Waals surface area contributed by atoms with Crippen molar-refractivity contribution in [3.05, 3.63) is 89.5 Å². The van der Waals surface area contributed by atoms with E-state index in [1.54, 1.807) is 4.90 Å². The van der Waals surface area contributed by atoms with Gasteiger partial charge in [0.15, 0.2) is 0 Å². The van der Waals surface area contributed by atoms with Crippen LogP contribution >= 0.6 is 0 Å². The summed E-state index contributed by atoms with van der Waals surface area (Å²) >= 11 is 0. The van der Waals surface area contributed by atoms with Gasteiger partial charge in [-0.25, -0.2) is 9.59 Å². The van der Waals surface area contributed by atoms with Crippen molar-refractivity contribution in [1.29, 1.82) is 5.26 Å². The van der Waals surface area contributed by atoms with Crippen molar-refractivity contribution in [2.75, 3.05) is 19.1 Å². The minimum Gasteiger partial charge on any atom is -0.465 e. The van der Waals surface area contributed by atoms with Crippen LogP contribution in [-0.4, -0.2) is 26.2 Å². The number of anilines is 3. The van der Waals surface area contributed by atoms with Gasteiger partial charge in [-0.05, 0) is 36.4 Å². The summed E-state index contributed by atoms with van der Waals surface area (Å²) in [5.41, 5.74) is 2.03. The summed E-state index contributed by atoms with van der Waals surface area (Å²) in [6.45, 7) is 0. The molecule has 0 unspecified atom stereocenters. The zero-order chi connectivity index (χ0) is 20.8. The molecule has 0 aliphatic heterocycles. The second-order valence-electron chi connectivity index (χ2n) is 6.02. The van der Waals surface area contributed by atoms with Crippen molar-refractivity contribution in [3.63, 3.8) is 0 Å². The minimum atomic E-state index is -0.667. The number of hydrogen-bond acceptors (Lipinski definition) is 6. The van der Waals surface area contributed by atoms with E-state index >= 15 is 0 Å². The third-order valence-corrected chi connectivity index (χ3v) is 4.30. The van der Waals surface area contributed by atoms with Crippen molar-refractivity contribution < 1.29 is 19.1 Å². The number of carbonyl (C=O) groups excluding carboxylic acids is 2. The van der Waals surface area contributed by atoms with Crippen molar-refractivity contribution >= 4 is 29.0 Å². The zero-order valence-corrected chi connectivity index (χ0v) is 16.0. The molecule has 3 aromatic rings. The molecule has 6 heteroatoms. The Morgan fingerprint density at radius 3 is 1.55 bits per heavy atom. The van der Waals surface area contributed by atoms with Crippen LogP contribution in [0, 0.1) is 11.3 Å². The summed E-state index contributed by atoms with van der Waals surface area (Å²) in [5, 5.41) is 9.39. The van der Waals surface area contributed by atoms with Crippen LogP contribution in [0.2, 0.25) is 0 Å². The Morgan fingerprint density at radius 2 is 1.21 bits per heavy atom. The standard InChI is InChI=1S/C23H18N2O4/c1-28-22(26)19-13-16(15-24)14-20(23(27)29-2)21(19)25(17-9-5-3-6-10-17)18-11-7-4-8-12-18/h3-14H,1-2H3. The van der Waals surface area contributed by atoms with Crippen LogP contribution in [-0.2, 0) is 9.47 Å². The molecule has 0 saturated heterocycles. The molecule has 144 valence electrons. The summed E-state index contributed by atoms with van der Waals surface area (Å²) in [6.07, 6.45) is 0. The second kappa shape index (κ2) is 8.72. The number of hydrogen-bond donors (Lipinski definition) is 0. The van der Waals surface area contributed by atoms with Crippen LogP contribution in [0.25, 0.3) is 0 Å². The first kappa shape index (κ1) is 19.6. The van der Waals surface area contributed by atoms with E-state index in [0.29, 0.717) is 0 Å². The van der Waals surface area contributed by atoms with Crippen molar-refractivity contribution in [1.82, 2.24) is 0 Å². The van der Waals surface area contributed by atoms with Crippen molar-refractivity contribution in [2.24, 2.45) is 0 Å². The van der Waals surface area contributed by atoms with Gasteiger partial charge in [-0.1, -0.05) is 36.4 Å². The molecular weight excluding hydrogens is 368 g/mol. The predicted octanol–water partition coefficient (Wildman–Crippen LogP) is 4.60. The molecule has 0 radical (unpaired) electrons. The summed E-state index contributed by atoms with van der Waals surface area (Å²) in [7, 11) is 2.50. The molecule has 0 aliphatic carbocycles. The van der Waals surface area contributed by atoms with E-state index in [1.807, 2.05) is 66.7 Å². The molecule has 29 heavy (non-hydrogen) atoms. The van der Waals surface area contributed by atoms with Gasteiger partial charge in [-0.2, -0.15) is 5.26 Å². The van der Waals surface area contributed by atoms with Crippen LogP contribution in [0.1, 0.15) is 26.3 Å². The van der Waals surface area contributed by atoms with Crippen LogP contribution in [0.5, 0.6) is 0 Å². The van der Waals surface area contributed by atoms with Gasteiger partial charge < -0.3 is 14.4 Å². The highest BCUT2D eigenvalue weighted by molar-refractivity contribution is 6.07. The third-order valence-electron chi connectivity index (χ3n) is 4.30. The lowest BCUT2D eigenvalue weighted by molar-refractivity contribution is 0.0601. The molecule has 0 amide bonds. The van der Waals surface area contributed by atoms with E-state index in [4.69, 9.17) is 9.47 Å². The average molecular weight is 386 g/mol. The molecule has 3 rings (SSSR count). The highest BCUT2D eigenvalue weighted by Crippen LogP contribution is 2.40. The van der Waals surface area contributed by atoms with Gasteiger partial charge in [0.25, 0.3) is 0 Å². The topological polar surface area (TPSA) is 79.6 Å². The molecule has 3 aromatic carbocycles. The number of methoxy groups -OCH3 is 2. The van der Waals surface area contributed by atoms with E-state index in [-0.39, 0.29) is 22.4 Å². The number of esters is 2. The van der Waals surface area contributed by atoms with Crippen LogP contribution < -0.4 is 4.90 Å². The Kier molecular flexibility index (Phi) is 5.91. The number of benzene rings is 3. The van der Waals surface area contributed by atoms with Gasteiger partial charge in [-0.3, -0.25) is 0 Å². The molecule has 0 heterocycles. The monoisotopic (exact) mass is 386 g/mol. The van der Waals surface area contributed by atoms with E-state index in [0.717, 1.165) is 11.4 Å². The number of nitriles is 1. The normalized spacial score (nSPS) is 9.97. The number of carbonyl (C=O) groups is 2. The second-order valence-corrected chi connectivity index (χ2v) is 6.02. The summed E-state index contributed by atoms with van der Waals surface area (Å²) in [5.74, 6) is -1.33. The molecular formula is C23H18N2O4. The largest absolute Gasteiger partial charge is 0.465 e. The van der Waals surface area contributed by atoms with Gasteiger partial charge >= 0.3 is 11.9 Å². The molecule has 0 fully saturated rings. The molecule has 0 N–H and O–H groups in total. The maximum Gasteiger partial charge on any atom is 0.340 e. The van der Waals surface area contributed by atoms with Gasteiger partial charge in [0.2, 0.25) is 0 Å². The van der Waals surface area contributed by atoms with E-state index in [9.17, 15) is 14.9 Å². The Morgan fingerprint density at radius 1 is 0.793 bits per heavy atom. The average Bonchev–Trinajstić information content (AvgIpc) is 2.79. The summed E-state index contributed by atoms with van der Waals surface area (Å²) < 4.78 is 9.88. The van der Waals surface area contributed by atoms with Gasteiger partial charge in [0.05, 0.1) is 42.7 Å². The fraction of sp³-hybridized carbons (Fsp3) is 0.0870. The smallest absolute Gasteiger partial charge is 0.340 e. The molecule has 0 aromatic heterocycles. The van der Waals surface area contributed by atoms with Gasteiger partial charge in [0.1, 0.15) is 0 Å². The minimum absolute atomic E-state index is 0.0830. The number of para-hydroxylation sites is 2. The first-order valence-electron chi connectivity index (χ1n) is 8.75. The van der Waals surface area contributed by atoms with Crippen LogP contribution in [0.15, 0.2) is 72.8 Å². The summed E-state index contributed by atoms with van der Waals surface area (Å²) in [6, 6.07) is 23.4. The predicted molar refractivity (Wildman–Crippen MR) is 109 cm³/mol. The van der Waals surface area contributed by atoms with Crippen molar-refractivity contribution in [2.45, 2.75) is 0 Å². The van der Waals surface area contributed by atoms with E-state index < -0.39 is 11.9 Å². The Bertz CT molecular complexity index is 997. The van der Waals surface area contributed by atoms with Gasteiger partial charge in [-0.15, -0.1) is 0 Å². The van der Waals surface area contributed by atoms with Crippen LogP contribution in [0.4, 0.5) is 17.1 Å². The highest BCUT2D eigenvalue weighted by Gasteiger charge is 2.28. The maximum absolute atomic E-state index is 12.6. The maximum atomic E-state index is 12.6. The van der Waals surface area contributed by atoms with Crippen molar-refractivity contribution in [3.8, 4) is 6.07 Å². The zero-order valence-electron chi connectivity index (χ0n) is 16.0. The van der Waals surface area contributed by atoms with Crippen LogP contribution in [0.3, 0.4) is 0 Å².